The van der Waals surface area contributed by atoms with Crippen molar-refractivity contribution < 1.29 is 9.84 Å². The van der Waals surface area contributed by atoms with Crippen molar-refractivity contribution in [1.29, 1.82) is 0 Å². The Labute approximate surface area is 117 Å². The molecule has 0 fully saturated rings. The lowest BCUT2D eigenvalue weighted by atomic mass is 9.87. The van der Waals surface area contributed by atoms with Gasteiger partial charge in [0, 0.05) is 0 Å². The standard InChI is InChI=1S/C17H28O2/c1-6-9-15(18)16(7-2)19-14-11-8-10-13(12-14)17(3,4)5/h8,10-12,15-16,18H,6-7,9H2,1-5H3. The molecule has 0 radical (unpaired) electrons. The van der Waals surface area contributed by atoms with E-state index < -0.39 is 0 Å². The van der Waals surface area contributed by atoms with Crippen LogP contribution in [0.5, 0.6) is 5.75 Å². The Hall–Kier alpha value is -1.02. The van der Waals surface area contributed by atoms with Gasteiger partial charge in [-0.2, -0.15) is 0 Å². The highest BCUT2D eigenvalue weighted by Gasteiger charge is 2.19. The van der Waals surface area contributed by atoms with Gasteiger partial charge in [0.05, 0.1) is 6.10 Å². The molecule has 1 N–H and O–H groups in total. The Balaban J connectivity index is 2.80. The van der Waals surface area contributed by atoms with E-state index in [0.717, 1.165) is 25.0 Å². The first-order valence-corrected chi connectivity index (χ1v) is 7.33. The summed E-state index contributed by atoms with van der Waals surface area (Å²) in [5, 5.41) is 10.1. The Morgan fingerprint density at radius 1 is 1.21 bits per heavy atom. The molecule has 19 heavy (non-hydrogen) atoms. The number of aliphatic hydroxyl groups excluding tert-OH is 1. The second-order valence-electron chi connectivity index (χ2n) is 6.20. The fraction of sp³-hybridized carbons (Fsp3) is 0.647. The number of aliphatic hydroxyl groups is 1. The van der Waals surface area contributed by atoms with Gasteiger partial charge in [-0.25, -0.2) is 0 Å². The predicted octanol–water partition coefficient (Wildman–Crippen LogP) is 4.30. The molecule has 0 aliphatic rings. The second kappa shape index (κ2) is 6.95. The van der Waals surface area contributed by atoms with Crippen LogP contribution in [0.15, 0.2) is 24.3 Å². The monoisotopic (exact) mass is 264 g/mol. The average molecular weight is 264 g/mol. The Bertz CT molecular complexity index is 379. The molecular formula is C17H28O2. The van der Waals surface area contributed by atoms with Crippen molar-refractivity contribution in [3.05, 3.63) is 29.8 Å². The van der Waals surface area contributed by atoms with Gasteiger partial charge in [0.1, 0.15) is 11.9 Å². The van der Waals surface area contributed by atoms with Crippen LogP contribution in [0, 0.1) is 0 Å². The maximum atomic E-state index is 10.1. The van der Waals surface area contributed by atoms with Crippen LogP contribution >= 0.6 is 0 Å². The fourth-order valence-electron chi connectivity index (χ4n) is 2.13. The van der Waals surface area contributed by atoms with Crippen molar-refractivity contribution in [3.63, 3.8) is 0 Å². The molecule has 0 saturated heterocycles. The Morgan fingerprint density at radius 2 is 1.89 bits per heavy atom. The first-order chi connectivity index (χ1) is 8.88. The third-order valence-corrected chi connectivity index (χ3v) is 3.40. The van der Waals surface area contributed by atoms with E-state index in [1.165, 1.54) is 5.56 Å². The van der Waals surface area contributed by atoms with Crippen LogP contribution in [0.1, 0.15) is 59.4 Å². The van der Waals surface area contributed by atoms with Crippen molar-refractivity contribution in [2.75, 3.05) is 0 Å². The number of hydrogen-bond acceptors (Lipinski definition) is 2. The van der Waals surface area contributed by atoms with E-state index in [1.807, 2.05) is 12.1 Å². The summed E-state index contributed by atoms with van der Waals surface area (Å²) in [6.07, 6.45) is 2.09. The maximum Gasteiger partial charge on any atom is 0.124 e. The molecule has 2 nitrogen and oxygen atoms in total. The third kappa shape index (κ3) is 4.87. The smallest absolute Gasteiger partial charge is 0.124 e. The van der Waals surface area contributed by atoms with Gasteiger partial charge in [0.25, 0.3) is 0 Å². The number of hydrogen-bond donors (Lipinski definition) is 1. The lowest BCUT2D eigenvalue weighted by Gasteiger charge is -2.24. The summed E-state index contributed by atoms with van der Waals surface area (Å²) < 4.78 is 5.96. The quantitative estimate of drug-likeness (QED) is 0.830. The molecule has 1 aromatic carbocycles. The van der Waals surface area contributed by atoms with Gasteiger partial charge < -0.3 is 9.84 Å². The molecular weight excluding hydrogens is 236 g/mol. The van der Waals surface area contributed by atoms with Gasteiger partial charge in [-0.3, -0.25) is 0 Å². The van der Waals surface area contributed by atoms with Gasteiger partial charge >= 0.3 is 0 Å². The van der Waals surface area contributed by atoms with Crippen LogP contribution in [0.2, 0.25) is 0 Å². The van der Waals surface area contributed by atoms with Crippen LogP contribution < -0.4 is 4.74 Å². The van der Waals surface area contributed by atoms with Crippen molar-refractivity contribution in [2.45, 2.75) is 71.5 Å². The maximum absolute atomic E-state index is 10.1. The Kier molecular flexibility index (Phi) is 5.86. The van der Waals surface area contributed by atoms with E-state index >= 15 is 0 Å². The molecule has 1 aromatic rings. The lowest BCUT2D eigenvalue weighted by Crippen LogP contribution is -2.31. The van der Waals surface area contributed by atoms with Crippen molar-refractivity contribution in [2.24, 2.45) is 0 Å². The highest BCUT2D eigenvalue weighted by Crippen LogP contribution is 2.26. The van der Waals surface area contributed by atoms with Gasteiger partial charge in [-0.05, 0) is 36.0 Å². The highest BCUT2D eigenvalue weighted by molar-refractivity contribution is 5.32. The van der Waals surface area contributed by atoms with Crippen molar-refractivity contribution in [3.8, 4) is 5.75 Å². The van der Waals surface area contributed by atoms with Gasteiger partial charge in [0.15, 0.2) is 0 Å². The summed E-state index contributed by atoms with van der Waals surface area (Å²) in [6, 6.07) is 8.20. The molecule has 0 aliphatic heterocycles. The van der Waals surface area contributed by atoms with Gasteiger partial charge in [-0.1, -0.05) is 53.2 Å². The molecule has 0 saturated carbocycles. The van der Waals surface area contributed by atoms with Crippen LogP contribution in [-0.2, 0) is 5.41 Å². The van der Waals surface area contributed by atoms with Crippen LogP contribution in [0.25, 0.3) is 0 Å². The van der Waals surface area contributed by atoms with Crippen molar-refractivity contribution >= 4 is 0 Å². The summed E-state index contributed by atoms with van der Waals surface area (Å²) >= 11 is 0. The highest BCUT2D eigenvalue weighted by atomic mass is 16.5. The summed E-state index contributed by atoms with van der Waals surface area (Å²) in [4.78, 5) is 0. The first-order valence-electron chi connectivity index (χ1n) is 7.33. The predicted molar refractivity (Wildman–Crippen MR) is 80.8 cm³/mol. The zero-order valence-electron chi connectivity index (χ0n) is 12.9. The largest absolute Gasteiger partial charge is 0.488 e. The van der Waals surface area contributed by atoms with Crippen molar-refractivity contribution in [1.82, 2.24) is 0 Å². The average Bonchev–Trinajstić information content (AvgIpc) is 2.35. The van der Waals surface area contributed by atoms with Crippen LogP contribution in [-0.4, -0.2) is 17.3 Å². The lowest BCUT2D eigenvalue weighted by molar-refractivity contribution is 0.0284. The molecule has 2 unspecified atom stereocenters. The van der Waals surface area contributed by atoms with E-state index in [9.17, 15) is 5.11 Å². The molecule has 0 heterocycles. The summed E-state index contributed by atoms with van der Waals surface area (Å²) in [6.45, 7) is 10.7. The summed E-state index contributed by atoms with van der Waals surface area (Å²) in [5.74, 6) is 0.856. The third-order valence-electron chi connectivity index (χ3n) is 3.40. The van der Waals surface area contributed by atoms with E-state index in [-0.39, 0.29) is 17.6 Å². The molecule has 0 bridgehead atoms. The summed E-state index contributed by atoms with van der Waals surface area (Å²) in [5.41, 5.74) is 1.37. The van der Waals surface area contributed by atoms with E-state index in [2.05, 4.69) is 46.8 Å². The van der Waals surface area contributed by atoms with E-state index in [1.54, 1.807) is 0 Å². The topological polar surface area (TPSA) is 29.5 Å². The van der Waals surface area contributed by atoms with Crippen LogP contribution in [0.3, 0.4) is 0 Å². The minimum Gasteiger partial charge on any atom is -0.488 e. The van der Waals surface area contributed by atoms with Crippen LogP contribution in [0.4, 0.5) is 0 Å². The number of ether oxygens (including phenoxy) is 1. The molecule has 2 atom stereocenters. The molecule has 0 spiro atoms. The fourth-order valence-corrected chi connectivity index (χ4v) is 2.13. The second-order valence-corrected chi connectivity index (χ2v) is 6.20. The summed E-state index contributed by atoms with van der Waals surface area (Å²) in [7, 11) is 0. The zero-order chi connectivity index (χ0) is 14.5. The minimum absolute atomic E-state index is 0.114. The molecule has 2 heteroatoms. The SMILES string of the molecule is CCCC(O)C(CC)Oc1cccc(C(C)(C)C)c1. The normalized spacial score (nSPS) is 15.1. The van der Waals surface area contributed by atoms with E-state index in [4.69, 9.17) is 4.74 Å². The molecule has 0 aliphatic carbocycles. The molecule has 0 aromatic heterocycles. The Morgan fingerprint density at radius 3 is 2.42 bits per heavy atom. The zero-order valence-corrected chi connectivity index (χ0v) is 12.9. The molecule has 0 amide bonds. The molecule has 1 rings (SSSR count). The van der Waals surface area contributed by atoms with E-state index in [0.29, 0.717) is 0 Å². The number of rotatable bonds is 6. The number of benzene rings is 1. The minimum atomic E-state index is -0.381. The first kappa shape index (κ1) is 16.0. The van der Waals surface area contributed by atoms with Gasteiger partial charge in [0.2, 0.25) is 0 Å². The molecule has 108 valence electrons. The van der Waals surface area contributed by atoms with Gasteiger partial charge in [-0.15, -0.1) is 0 Å².